The van der Waals surface area contributed by atoms with Crippen molar-refractivity contribution in [2.45, 2.75) is 50.3 Å². The number of esters is 1. The summed E-state index contributed by atoms with van der Waals surface area (Å²) in [6.07, 6.45) is 7.15. The van der Waals surface area contributed by atoms with E-state index in [1.165, 1.54) is 0 Å². The van der Waals surface area contributed by atoms with Gasteiger partial charge in [0.1, 0.15) is 6.10 Å². The van der Waals surface area contributed by atoms with Crippen molar-refractivity contribution in [2.24, 2.45) is 0 Å². The molecular formula is C18H23NO2. The van der Waals surface area contributed by atoms with Gasteiger partial charge in [-0.2, -0.15) is 0 Å². The van der Waals surface area contributed by atoms with E-state index in [-0.39, 0.29) is 18.0 Å². The maximum atomic E-state index is 12.5. The maximum Gasteiger partial charge on any atom is 0.313 e. The van der Waals surface area contributed by atoms with E-state index < -0.39 is 0 Å². The second kappa shape index (κ2) is 6.02. The summed E-state index contributed by atoms with van der Waals surface area (Å²) in [5.41, 5.74) is 1.05. The molecule has 2 aliphatic heterocycles. The summed E-state index contributed by atoms with van der Waals surface area (Å²) in [6, 6.07) is 10.8. The number of fused-ring (bicyclic) bond motifs is 2. The summed E-state index contributed by atoms with van der Waals surface area (Å²) in [7, 11) is 2.15. The number of hydrogen-bond acceptors (Lipinski definition) is 3. The molecule has 0 N–H and O–H groups in total. The molecule has 0 saturated carbocycles. The number of ether oxygens (including phenoxy) is 1. The molecule has 1 aromatic rings. The van der Waals surface area contributed by atoms with Gasteiger partial charge < -0.3 is 4.74 Å². The lowest BCUT2D eigenvalue weighted by Crippen LogP contribution is -2.44. The molecule has 112 valence electrons. The van der Waals surface area contributed by atoms with Gasteiger partial charge in [0.2, 0.25) is 0 Å². The van der Waals surface area contributed by atoms with E-state index in [1.807, 2.05) is 37.3 Å². The standard InChI is InChI=1S/C18H23NO2/c1-3-17(13-7-5-4-6-8-13)18(20)21-16-11-14-9-10-15(12-16)19(14)2/h4-10,14-17H,3,11-12H2,1-2H3. The number of rotatable bonds is 4. The van der Waals surface area contributed by atoms with Crippen molar-refractivity contribution in [1.82, 2.24) is 4.90 Å². The number of likely N-dealkylation sites (N-methyl/N-ethyl adjacent to an activating group) is 1. The minimum absolute atomic E-state index is 0.0523. The van der Waals surface area contributed by atoms with Crippen LogP contribution < -0.4 is 0 Å². The summed E-state index contributed by atoms with van der Waals surface area (Å²) in [5.74, 6) is -0.214. The van der Waals surface area contributed by atoms with E-state index in [4.69, 9.17) is 4.74 Å². The fraction of sp³-hybridized carbons (Fsp3) is 0.500. The van der Waals surface area contributed by atoms with E-state index in [1.54, 1.807) is 0 Å². The zero-order valence-corrected chi connectivity index (χ0v) is 12.7. The van der Waals surface area contributed by atoms with Crippen LogP contribution in [0.2, 0.25) is 0 Å². The van der Waals surface area contributed by atoms with Crippen molar-refractivity contribution in [3.8, 4) is 0 Å². The Morgan fingerprint density at radius 3 is 2.43 bits per heavy atom. The van der Waals surface area contributed by atoms with E-state index in [2.05, 4.69) is 24.1 Å². The lowest BCUT2D eigenvalue weighted by Gasteiger charge is -2.36. The van der Waals surface area contributed by atoms with Crippen LogP contribution in [-0.4, -0.2) is 36.1 Å². The summed E-state index contributed by atoms with van der Waals surface area (Å²) in [6.45, 7) is 2.04. The largest absolute Gasteiger partial charge is 0.462 e. The van der Waals surface area contributed by atoms with E-state index in [0.29, 0.717) is 12.1 Å². The van der Waals surface area contributed by atoms with Gasteiger partial charge in [0.05, 0.1) is 5.92 Å². The maximum absolute atomic E-state index is 12.5. The van der Waals surface area contributed by atoms with Crippen LogP contribution in [0.25, 0.3) is 0 Å². The van der Waals surface area contributed by atoms with Crippen molar-refractivity contribution in [3.63, 3.8) is 0 Å². The summed E-state index contributed by atoms with van der Waals surface area (Å²) in [4.78, 5) is 14.9. The van der Waals surface area contributed by atoms with Gasteiger partial charge >= 0.3 is 5.97 Å². The first-order valence-electron chi connectivity index (χ1n) is 7.84. The van der Waals surface area contributed by atoms with Gasteiger partial charge in [0.25, 0.3) is 0 Å². The lowest BCUT2D eigenvalue weighted by molar-refractivity contribution is -0.154. The molecule has 21 heavy (non-hydrogen) atoms. The molecule has 1 fully saturated rings. The highest BCUT2D eigenvalue weighted by atomic mass is 16.5. The van der Waals surface area contributed by atoms with Crippen molar-refractivity contribution in [3.05, 3.63) is 48.0 Å². The average Bonchev–Trinajstić information content (AvgIpc) is 2.72. The molecule has 1 aromatic carbocycles. The molecule has 2 bridgehead atoms. The molecule has 0 amide bonds. The Morgan fingerprint density at radius 1 is 1.24 bits per heavy atom. The Bertz CT molecular complexity index is 509. The molecule has 3 nitrogen and oxygen atoms in total. The van der Waals surface area contributed by atoms with Gasteiger partial charge in [0, 0.05) is 24.9 Å². The average molecular weight is 285 g/mol. The Balaban J connectivity index is 1.64. The molecular weight excluding hydrogens is 262 g/mol. The number of hydrogen-bond donors (Lipinski definition) is 0. The number of piperidine rings is 1. The van der Waals surface area contributed by atoms with Crippen LogP contribution in [0.5, 0.6) is 0 Å². The predicted molar refractivity (Wildman–Crippen MR) is 83.1 cm³/mol. The summed E-state index contributed by atoms with van der Waals surface area (Å²) < 4.78 is 5.82. The highest BCUT2D eigenvalue weighted by Gasteiger charge is 2.37. The third kappa shape index (κ3) is 2.88. The first-order chi connectivity index (χ1) is 10.2. The second-order valence-electron chi connectivity index (χ2n) is 6.09. The minimum Gasteiger partial charge on any atom is -0.462 e. The Morgan fingerprint density at radius 2 is 1.86 bits per heavy atom. The molecule has 0 spiro atoms. The highest BCUT2D eigenvalue weighted by molar-refractivity contribution is 5.78. The Kier molecular flexibility index (Phi) is 4.11. The van der Waals surface area contributed by atoms with Crippen molar-refractivity contribution in [2.75, 3.05) is 7.05 Å². The quantitative estimate of drug-likeness (QED) is 0.629. The third-order valence-corrected chi connectivity index (χ3v) is 4.79. The molecule has 2 heterocycles. The monoisotopic (exact) mass is 285 g/mol. The highest BCUT2D eigenvalue weighted by Crippen LogP contribution is 2.32. The van der Waals surface area contributed by atoms with Gasteiger partial charge in [-0.25, -0.2) is 0 Å². The molecule has 3 unspecified atom stereocenters. The van der Waals surface area contributed by atoms with Crippen LogP contribution in [0.4, 0.5) is 0 Å². The Hall–Kier alpha value is -1.61. The SMILES string of the molecule is CCC(C(=O)OC1CC2C=CC(C1)N2C)c1ccccc1. The predicted octanol–water partition coefficient (Wildman–Crippen LogP) is 3.12. The zero-order valence-electron chi connectivity index (χ0n) is 12.7. The number of carbonyl (C=O) groups excluding carboxylic acids is 1. The first-order valence-corrected chi connectivity index (χ1v) is 7.84. The molecule has 0 radical (unpaired) electrons. The Labute approximate surface area is 126 Å². The molecule has 2 aliphatic rings. The number of nitrogens with zero attached hydrogens (tertiary/aromatic N) is 1. The first kappa shape index (κ1) is 14.3. The second-order valence-corrected chi connectivity index (χ2v) is 6.09. The van der Waals surface area contributed by atoms with Crippen LogP contribution in [0.1, 0.15) is 37.7 Å². The molecule has 1 saturated heterocycles. The normalized spacial score (nSPS) is 29.3. The van der Waals surface area contributed by atoms with Crippen molar-refractivity contribution >= 4 is 5.97 Å². The van der Waals surface area contributed by atoms with E-state index >= 15 is 0 Å². The zero-order chi connectivity index (χ0) is 14.8. The topological polar surface area (TPSA) is 29.5 Å². The van der Waals surface area contributed by atoms with Gasteiger partial charge in [0.15, 0.2) is 0 Å². The van der Waals surface area contributed by atoms with Gasteiger partial charge in [-0.05, 0) is 19.0 Å². The fourth-order valence-corrected chi connectivity index (χ4v) is 3.46. The van der Waals surface area contributed by atoms with Crippen LogP contribution in [0.15, 0.2) is 42.5 Å². The van der Waals surface area contributed by atoms with Crippen LogP contribution in [0.3, 0.4) is 0 Å². The van der Waals surface area contributed by atoms with Crippen molar-refractivity contribution < 1.29 is 9.53 Å². The lowest BCUT2D eigenvalue weighted by atomic mass is 9.95. The summed E-state index contributed by atoms with van der Waals surface area (Å²) in [5, 5.41) is 0. The molecule has 0 aliphatic carbocycles. The molecule has 3 rings (SSSR count). The summed E-state index contributed by atoms with van der Waals surface area (Å²) >= 11 is 0. The molecule has 3 heteroatoms. The van der Waals surface area contributed by atoms with Crippen LogP contribution in [-0.2, 0) is 9.53 Å². The molecule has 0 aromatic heterocycles. The van der Waals surface area contributed by atoms with Gasteiger partial charge in [-0.3, -0.25) is 9.69 Å². The van der Waals surface area contributed by atoms with Gasteiger partial charge in [-0.15, -0.1) is 0 Å². The van der Waals surface area contributed by atoms with Crippen LogP contribution in [0, 0.1) is 0 Å². The number of benzene rings is 1. The smallest absolute Gasteiger partial charge is 0.313 e. The van der Waals surface area contributed by atoms with Gasteiger partial charge in [-0.1, -0.05) is 49.4 Å². The minimum atomic E-state index is -0.142. The number of carbonyl (C=O) groups is 1. The van der Waals surface area contributed by atoms with Crippen molar-refractivity contribution in [1.29, 1.82) is 0 Å². The van der Waals surface area contributed by atoms with E-state index in [9.17, 15) is 4.79 Å². The molecule has 3 atom stereocenters. The van der Waals surface area contributed by atoms with E-state index in [0.717, 1.165) is 24.8 Å². The van der Waals surface area contributed by atoms with Crippen LogP contribution >= 0.6 is 0 Å². The third-order valence-electron chi connectivity index (χ3n) is 4.79. The fourth-order valence-electron chi connectivity index (χ4n) is 3.46.